The van der Waals surface area contributed by atoms with Gasteiger partial charge in [0.15, 0.2) is 0 Å². The fraction of sp³-hybridized carbons (Fsp3) is 0.438. The highest BCUT2D eigenvalue weighted by atomic mass is 35.5. The van der Waals surface area contributed by atoms with E-state index in [0.29, 0.717) is 23.4 Å². The summed E-state index contributed by atoms with van der Waals surface area (Å²) in [5.74, 6) is -0.368. The molecule has 0 spiro atoms. The van der Waals surface area contributed by atoms with Gasteiger partial charge in [0.2, 0.25) is 0 Å². The van der Waals surface area contributed by atoms with Crippen molar-refractivity contribution >= 4 is 22.6 Å². The quantitative estimate of drug-likeness (QED) is 0.668. The van der Waals surface area contributed by atoms with Crippen LogP contribution in [-0.4, -0.2) is 23.3 Å². The predicted octanol–water partition coefficient (Wildman–Crippen LogP) is 3.50. The number of carbonyl (C=O) groups excluding carboxylic acids is 1. The number of ether oxygens (including phenoxy) is 1. The maximum atomic E-state index is 11.9. The van der Waals surface area contributed by atoms with Gasteiger partial charge < -0.3 is 9.84 Å². The van der Waals surface area contributed by atoms with Gasteiger partial charge in [-0.1, -0.05) is 55.3 Å². The molecule has 0 aliphatic carbocycles. The summed E-state index contributed by atoms with van der Waals surface area (Å²) < 4.78 is 5.29. The Hall–Kier alpha value is -1.32. The number of esters is 1. The second-order valence-corrected chi connectivity index (χ2v) is 5.45. The number of hydrogen-bond acceptors (Lipinski definition) is 3. The molecule has 0 saturated carbocycles. The van der Waals surface area contributed by atoms with Crippen LogP contribution in [0.4, 0.5) is 0 Å². The highest BCUT2D eigenvalue weighted by molar-refractivity contribution is 6.51. The molecule has 2 rings (SSSR count). The number of aliphatic hydroxyl groups is 1. The molecule has 0 amide bonds. The van der Waals surface area contributed by atoms with Crippen LogP contribution in [0.1, 0.15) is 38.2 Å². The maximum Gasteiger partial charge on any atom is 0.335 e. The minimum atomic E-state index is -0.423. The fourth-order valence-corrected chi connectivity index (χ4v) is 2.68. The summed E-state index contributed by atoms with van der Waals surface area (Å²) in [5, 5.41) is 10.2. The molecule has 108 valence electrons. The van der Waals surface area contributed by atoms with E-state index in [2.05, 4.69) is 0 Å². The molecule has 1 aliphatic rings. The van der Waals surface area contributed by atoms with Crippen LogP contribution in [0.5, 0.6) is 0 Å². The second-order valence-electron chi connectivity index (χ2n) is 5.07. The van der Waals surface area contributed by atoms with Gasteiger partial charge >= 0.3 is 5.97 Å². The van der Waals surface area contributed by atoms with Crippen LogP contribution in [0.15, 0.2) is 35.9 Å². The van der Waals surface area contributed by atoms with Gasteiger partial charge in [-0.2, -0.15) is 0 Å². The largest absolute Gasteiger partial charge is 0.459 e. The summed E-state index contributed by atoms with van der Waals surface area (Å²) in [5.41, 5.74) is 1.32. The van der Waals surface area contributed by atoms with Gasteiger partial charge in [-0.05, 0) is 12.0 Å². The number of hydrogen-bond donors (Lipinski definition) is 1. The van der Waals surface area contributed by atoms with E-state index in [1.54, 1.807) is 0 Å². The molecule has 1 heterocycles. The summed E-state index contributed by atoms with van der Waals surface area (Å²) in [7, 11) is 0. The lowest BCUT2D eigenvalue weighted by Crippen LogP contribution is -2.17. The number of halogens is 1. The van der Waals surface area contributed by atoms with Crippen molar-refractivity contribution in [1.82, 2.24) is 0 Å². The summed E-state index contributed by atoms with van der Waals surface area (Å²) in [6.07, 6.45) is 1.88. The van der Waals surface area contributed by atoms with Crippen molar-refractivity contribution in [3.05, 3.63) is 41.5 Å². The first-order chi connectivity index (χ1) is 9.61. The van der Waals surface area contributed by atoms with Crippen LogP contribution in [-0.2, 0) is 9.53 Å². The first kappa shape index (κ1) is 15.1. The van der Waals surface area contributed by atoms with Crippen LogP contribution in [0.2, 0.25) is 0 Å². The van der Waals surface area contributed by atoms with Gasteiger partial charge in [-0.3, -0.25) is 0 Å². The van der Waals surface area contributed by atoms with Gasteiger partial charge in [0, 0.05) is 12.8 Å². The first-order valence-corrected chi connectivity index (χ1v) is 7.32. The average molecular weight is 295 g/mol. The van der Waals surface area contributed by atoms with Crippen molar-refractivity contribution in [3.8, 4) is 0 Å². The Kier molecular flexibility index (Phi) is 5.21. The molecule has 0 aromatic heterocycles. The van der Waals surface area contributed by atoms with E-state index in [1.807, 2.05) is 37.3 Å². The number of carbonyl (C=O) groups is 1. The van der Waals surface area contributed by atoms with Crippen LogP contribution in [0.25, 0.3) is 5.03 Å². The van der Waals surface area contributed by atoms with E-state index in [0.717, 1.165) is 18.4 Å². The molecule has 2 unspecified atom stereocenters. The van der Waals surface area contributed by atoms with E-state index in [-0.39, 0.29) is 12.1 Å². The van der Waals surface area contributed by atoms with Crippen molar-refractivity contribution in [2.24, 2.45) is 0 Å². The molecule has 4 heteroatoms. The number of cyclic esters (lactones) is 1. The maximum absolute atomic E-state index is 11.9. The summed E-state index contributed by atoms with van der Waals surface area (Å²) >= 11 is 6.29. The fourth-order valence-electron chi connectivity index (χ4n) is 2.40. The van der Waals surface area contributed by atoms with Crippen molar-refractivity contribution in [2.75, 3.05) is 0 Å². The molecule has 0 radical (unpaired) electrons. The van der Waals surface area contributed by atoms with Crippen LogP contribution in [0, 0.1) is 0 Å². The first-order valence-electron chi connectivity index (χ1n) is 6.95. The molecule has 0 bridgehead atoms. The van der Waals surface area contributed by atoms with Gasteiger partial charge in [0.1, 0.15) is 6.10 Å². The van der Waals surface area contributed by atoms with Crippen molar-refractivity contribution in [2.45, 2.75) is 44.8 Å². The zero-order valence-corrected chi connectivity index (χ0v) is 12.3. The van der Waals surface area contributed by atoms with Crippen LogP contribution in [0.3, 0.4) is 0 Å². The van der Waals surface area contributed by atoms with Gasteiger partial charge in [0.25, 0.3) is 0 Å². The molecule has 1 N–H and O–H groups in total. The summed E-state index contributed by atoms with van der Waals surface area (Å²) in [4.78, 5) is 11.9. The Morgan fingerprint density at radius 3 is 2.80 bits per heavy atom. The van der Waals surface area contributed by atoms with Crippen LogP contribution >= 0.6 is 11.6 Å². The zero-order chi connectivity index (χ0) is 14.5. The molecular weight excluding hydrogens is 276 g/mol. The molecule has 2 atom stereocenters. The monoisotopic (exact) mass is 294 g/mol. The van der Waals surface area contributed by atoms with Gasteiger partial charge in [-0.25, -0.2) is 4.79 Å². The number of aliphatic hydroxyl groups excluding tert-OH is 1. The minimum Gasteiger partial charge on any atom is -0.459 e. The van der Waals surface area contributed by atoms with Crippen LogP contribution < -0.4 is 0 Å². The summed E-state index contributed by atoms with van der Waals surface area (Å²) in [6, 6.07) is 9.38. The lowest BCUT2D eigenvalue weighted by molar-refractivity contribution is -0.139. The van der Waals surface area contributed by atoms with Crippen molar-refractivity contribution in [1.29, 1.82) is 0 Å². The molecule has 1 aromatic rings. The smallest absolute Gasteiger partial charge is 0.335 e. The lowest BCUT2D eigenvalue weighted by atomic mass is 10.0. The Morgan fingerprint density at radius 1 is 1.45 bits per heavy atom. The lowest BCUT2D eigenvalue weighted by Gasteiger charge is -2.13. The number of rotatable bonds is 5. The predicted molar refractivity (Wildman–Crippen MR) is 79.2 cm³/mol. The summed E-state index contributed by atoms with van der Waals surface area (Å²) in [6.45, 7) is 2.02. The van der Waals surface area contributed by atoms with Crippen molar-refractivity contribution < 1.29 is 14.6 Å². The molecule has 20 heavy (non-hydrogen) atoms. The van der Waals surface area contributed by atoms with Gasteiger partial charge in [0.05, 0.1) is 16.7 Å². The third kappa shape index (κ3) is 3.62. The van der Waals surface area contributed by atoms with E-state index in [4.69, 9.17) is 16.3 Å². The Labute approximate surface area is 124 Å². The Balaban J connectivity index is 2.09. The third-order valence-electron chi connectivity index (χ3n) is 3.40. The van der Waals surface area contributed by atoms with E-state index in [9.17, 15) is 9.90 Å². The molecule has 3 nitrogen and oxygen atoms in total. The van der Waals surface area contributed by atoms with E-state index < -0.39 is 6.10 Å². The van der Waals surface area contributed by atoms with Crippen molar-refractivity contribution in [3.63, 3.8) is 0 Å². The number of benzene rings is 1. The average Bonchev–Trinajstić information content (AvgIpc) is 2.80. The minimum absolute atomic E-state index is 0.267. The SMILES string of the molecule is CCCC(O)CC1C/C(=C(/Cl)c2ccccc2)C(=O)O1. The molecular formula is C16H19ClO3. The Bertz CT molecular complexity index is 496. The van der Waals surface area contributed by atoms with E-state index >= 15 is 0 Å². The molecule has 1 aliphatic heterocycles. The van der Waals surface area contributed by atoms with E-state index in [1.165, 1.54) is 0 Å². The Morgan fingerprint density at radius 2 is 2.15 bits per heavy atom. The zero-order valence-electron chi connectivity index (χ0n) is 11.5. The molecule has 1 fully saturated rings. The highest BCUT2D eigenvalue weighted by Gasteiger charge is 2.32. The second kappa shape index (κ2) is 6.91. The third-order valence-corrected chi connectivity index (χ3v) is 3.85. The topological polar surface area (TPSA) is 46.5 Å². The highest BCUT2D eigenvalue weighted by Crippen LogP contribution is 2.33. The van der Waals surface area contributed by atoms with Gasteiger partial charge in [-0.15, -0.1) is 0 Å². The molecule has 1 aromatic carbocycles. The normalized spacial score (nSPS) is 22.6. The standard InChI is InChI=1S/C16H19ClO3/c1-2-6-12(18)9-13-10-14(16(19)20-13)15(17)11-7-4-3-5-8-11/h3-5,7-8,12-13,18H,2,6,9-10H2,1H3/b15-14-. The molecule has 1 saturated heterocycles.